The first-order valence-corrected chi connectivity index (χ1v) is 7.59. The van der Waals surface area contributed by atoms with Crippen LogP contribution in [-0.2, 0) is 24.3 Å². The number of hydrogen-bond acceptors (Lipinski definition) is 5. The third-order valence-electron chi connectivity index (χ3n) is 2.59. The van der Waals surface area contributed by atoms with E-state index in [1.807, 2.05) is 0 Å². The van der Waals surface area contributed by atoms with Crippen LogP contribution in [0.25, 0.3) is 0 Å². The molecule has 116 valence electrons. The van der Waals surface area contributed by atoms with Gasteiger partial charge in [0.2, 0.25) is 10.0 Å². The molecule has 0 radical (unpaired) electrons. The van der Waals surface area contributed by atoms with Crippen LogP contribution in [0.15, 0.2) is 29.2 Å². The molecule has 0 aliphatic carbocycles. The first kappa shape index (κ1) is 17.1. The number of nitrogens with zero attached hydrogens (tertiary/aromatic N) is 1. The third kappa shape index (κ3) is 4.54. The minimum Gasteiger partial charge on any atom is -0.453 e. The monoisotopic (exact) mass is 314 g/mol. The van der Waals surface area contributed by atoms with E-state index in [0.717, 1.165) is 4.31 Å². The summed E-state index contributed by atoms with van der Waals surface area (Å²) < 4.78 is 29.8. The van der Waals surface area contributed by atoms with Crippen molar-refractivity contribution in [2.75, 3.05) is 19.4 Å². The number of nitrogens with one attached hydrogen (secondary N) is 1. The summed E-state index contributed by atoms with van der Waals surface area (Å²) in [4.78, 5) is 22.6. The number of anilines is 1. The minimum absolute atomic E-state index is 0.0606. The van der Waals surface area contributed by atoms with E-state index in [9.17, 15) is 18.0 Å². The molecule has 0 aliphatic heterocycles. The van der Waals surface area contributed by atoms with Crippen LogP contribution in [0.1, 0.15) is 13.8 Å². The first-order chi connectivity index (χ1) is 9.64. The quantitative estimate of drug-likeness (QED) is 0.813. The summed E-state index contributed by atoms with van der Waals surface area (Å²) in [6.07, 6.45) is -0.961. The molecule has 1 amide bonds. The van der Waals surface area contributed by atoms with Crippen LogP contribution < -0.4 is 5.32 Å². The van der Waals surface area contributed by atoms with E-state index in [2.05, 4.69) is 5.32 Å². The van der Waals surface area contributed by atoms with E-state index in [-0.39, 0.29) is 4.90 Å². The molecule has 0 saturated carbocycles. The number of carbonyl (C=O) groups excluding carboxylic acids is 2. The van der Waals surface area contributed by atoms with Crippen molar-refractivity contribution in [3.8, 4) is 0 Å². The Morgan fingerprint density at radius 2 is 1.90 bits per heavy atom. The highest BCUT2D eigenvalue weighted by atomic mass is 32.2. The molecule has 1 aromatic rings. The second-order valence-corrected chi connectivity index (χ2v) is 6.71. The van der Waals surface area contributed by atoms with Gasteiger partial charge in [-0.2, -0.15) is 0 Å². The predicted octanol–water partition coefficient (Wildman–Crippen LogP) is 0.827. The number of rotatable bonds is 5. The van der Waals surface area contributed by atoms with E-state index >= 15 is 0 Å². The second kappa shape index (κ2) is 6.68. The van der Waals surface area contributed by atoms with Crippen LogP contribution >= 0.6 is 0 Å². The van der Waals surface area contributed by atoms with Crippen LogP contribution in [0.4, 0.5) is 5.69 Å². The predicted molar refractivity (Wildman–Crippen MR) is 77.2 cm³/mol. The van der Waals surface area contributed by atoms with E-state index < -0.39 is 28.0 Å². The average Bonchev–Trinajstić information content (AvgIpc) is 2.37. The van der Waals surface area contributed by atoms with Crippen molar-refractivity contribution in [1.82, 2.24) is 4.31 Å². The Hall–Kier alpha value is -1.93. The summed E-state index contributed by atoms with van der Waals surface area (Å²) in [5.41, 5.74) is 0.307. The molecule has 8 heteroatoms. The summed E-state index contributed by atoms with van der Waals surface area (Å²) in [5.74, 6) is -1.11. The Kier molecular flexibility index (Phi) is 5.45. The number of esters is 1. The lowest BCUT2D eigenvalue weighted by atomic mass is 10.3. The minimum atomic E-state index is -3.58. The number of ether oxygens (including phenoxy) is 1. The maximum atomic E-state index is 12.0. The van der Waals surface area contributed by atoms with Crippen molar-refractivity contribution in [1.29, 1.82) is 0 Å². The molecule has 0 heterocycles. The van der Waals surface area contributed by atoms with E-state index in [4.69, 9.17) is 4.74 Å². The molecule has 0 saturated heterocycles. The van der Waals surface area contributed by atoms with Gasteiger partial charge in [0.25, 0.3) is 5.91 Å². The molecule has 1 rings (SSSR count). The summed E-state index contributed by atoms with van der Waals surface area (Å²) in [6.45, 7) is 2.63. The van der Waals surface area contributed by atoms with Gasteiger partial charge in [0.15, 0.2) is 6.10 Å². The van der Waals surface area contributed by atoms with Crippen LogP contribution in [0.2, 0.25) is 0 Å². The summed E-state index contributed by atoms with van der Waals surface area (Å²) in [6, 6.07) is 5.84. The molecule has 1 aromatic carbocycles. The Morgan fingerprint density at radius 3 is 2.43 bits per heavy atom. The highest BCUT2D eigenvalue weighted by molar-refractivity contribution is 7.89. The van der Waals surface area contributed by atoms with Crippen molar-refractivity contribution in [2.24, 2.45) is 0 Å². The topological polar surface area (TPSA) is 92.8 Å². The fourth-order valence-corrected chi connectivity index (χ4v) is 2.44. The van der Waals surface area contributed by atoms with Crippen molar-refractivity contribution in [3.05, 3.63) is 24.3 Å². The average molecular weight is 314 g/mol. The lowest BCUT2D eigenvalue weighted by Crippen LogP contribution is -2.29. The summed E-state index contributed by atoms with van der Waals surface area (Å²) in [7, 11) is -0.738. The van der Waals surface area contributed by atoms with Crippen LogP contribution in [0, 0.1) is 0 Å². The molecule has 0 aliphatic rings. The van der Waals surface area contributed by atoms with Gasteiger partial charge in [-0.15, -0.1) is 0 Å². The molecule has 1 atom stereocenters. The maximum absolute atomic E-state index is 12.0. The molecule has 21 heavy (non-hydrogen) atoms. The van der Waals surface area contributed by atoms with Crippen molar-refractivity contribution in [3.63, 3.8) is 0 Å². The Balaban J connectivity index is 2.92. The van der Waals surface area contributed by atoms with Crippen LogP contribution in [0.5, 0.6) is 0 Å². The van der Waals surface area contributed by atoms with Crippen molar-refractivity contribution >= 4 is 27.6 Å². The largest absolute Gasteiger partial charge is 0.453 e. The van der Waals surface area contributed by atoms with Crippen LogP contribution in [-0.4, -0.2) is 44.8 Å². The van der Waals surface area contributed by atoms with Gasteiger partial charge in [0, 0.05) is 26.7 Å². The molecular formula is C13H18N2O5S. The normalized spacial score (nSPS) is 12.8. The Bertz CT molecular complexity index is 640. The number of benzene rings is 1. The number of sulfonamides is 1. The van der Waals surface area contributed by atoms with Gasteiger partial charge in [-0.25, -0.2) is 12.7 Å². The molecule has 7 nitrogen and oxygen atoms in total. The number of hydrogen-bond donors (Lipinski definition) is 1. The first-order valence-electron chi connectivity index (χ1n) is 6.15. The fourth-order valence-electron chi connectivity index (χ4n) is 1.49. The molecular weight excluding hydrogens is 296 g/mol. The van der Waals surface area contributed by atoms with Gasteiger partial charge >= 0.3 is 5.97 Å². The highest BCUT2D eigenvalue weighted by Gasteiger charge is 2.19. The zero-order valence-electron chi connectivity index (χ0n) is 12.3. The van der Waals surface area contributed by atoms with E-state index in [1.165, 1.54) is 46.1 Å². The maximum Gasteiger partial charge on any atom is 0.303 e. The van der Waals surface area contributed by atoms with Gasteiger partial charge < -0.3 is 10.1 Å². The van der Waals surface area contributed by atoms with Gasteiger partial charge in [0.05, 0.1) is 4.90 Å². The van der Waals surface area contributed by atoms with Crippen molar-refractivity contribution in [2.45, 2.75) is 24.8 Å². The SMILES string of the molecule is CC(=O)O[C@@H](C)C(=O)Nc1cccc(S(=O)(=O)N(C)C)c1. The lowest BCUT2D eigenvalue weighted by molar-refractivity contribution is -0.150. The Morgan fingerprint density at radius 1 is 1.29 bits per heavy atom. The zero-order chi connectivity index (χ0) is 16.2. The zero-order valence-corrected chi connectivity index (χ0v) is 13.1. The van der Waals surface area contributed by atoms with Crippen LogP contribution in [0.3, 0.4) is 0 Å². The summed E-state index contributed by atoms with van der Waals surface area (Å²) in [5, 5.41) is 2.50. The molecule has 0 unspecified atom stereocenters. The van der Waals surface area contributed by atoms with E-state index in [0.29, 0.717) is 5.69 Å². The standard InChI is InChI=1S/C13H18N2O5S/c1-9(20-10(2)16)13(17)14-11-6-5-7-12(8-11)21(18,19)15(3)4/h5-9H,1-4H3,(H,14,17)/t9-/m0/s1. The highest BCUT2D eigenvalue weighted by Crippen LogP contribution is 2.18. The smallest absolute Gasteiger partial charge is 0.303 e. The molecule has 0 aromatic heterocycles. The Labute approximate surface area is 123 Å². The molecule has 0 fully saturated rings. The third-order valence-corrected chi connectivity index (χ3v) is 4.40. The van der Waals surface area contributed by atoms with E-state index in [1.54, 1.807) is 6.07 Å². The van der Waals surface area contributed by atoms with Gasteiger partial charge in [-0.05, 0) is 25.1 Å². The van der Waals surface area contributed by atoms with Crippen molar-refractivity contribution < 1.29 is 22.7 Å². The molecule has 1 N–H and O–H groups in total. The van der Waals surface area contributed by atoms with Gasteiger partial charge in [-0.1, -0.05) is 6.07 Å². The molecule has 0 bridgehead atoms. The second-order valence-electron chi connectivity index (χ2n) is 4.56. The van der Waals surface area contributed by atoms with Gasteiger partial charge in [-0.3, -0.25) is 9.59 Å². The lowest BCUT2D eigenvalue weighted by Gasteiger charge is -2.14. The summed E-state index contributed by atoms with van der Waals surface area (Å²) >= 11 is 0. The molecule has 0 spiro atoms. The van der Waals surface area contributed by atoms with Gasteiger partial charge in [0.1, 0.15) is 0 Å². The number of carbonyl (C=O) groups is 2. The fraction of sp³-hybridized carbons (Fsp3) is 0.385. The number of amides is 1.